The third kappa shape index (κ3) is 5.86. The van der Waals surface area contributed by atoms with Crippen molar-refractivity contribution in [2.45, 2.75) is 78.3 Å². The summed E-state index contributed by atoms with van der Waals surface area (Å²) in [5.74, 6) is 0.618. The summed E-state index contributed by atoms with van der Waals surface area (Å²) in [7, 11) is 0. The monoisotopic (exact) mass is 509 g/mol. The van der Waals surface area contributed by atoms with E-state index in [1.807, 2.05) is 21.1 Å². The fraction of sp³-hybridized carbons (Fsp3) is 0.600. The summed E-state index contributed by atoms with van der Waals surface area (Å²) in [5.41, 5.74) is 4.05. The zero-order chi connectivity index (χ0) is 25.7. The van der Waals surface area contributed by atoms with Gasteiger partial charge < -0.3 is 9.80 Å². The highest BCUT2D eigenvalue weighted by Gasteiger charge is 2.34. The summed E-state index contributed by atoms with van der Waals surface area (Å²) in [6, 6.07) is 11.2. The van der Waals surface area contributed by atoms with Crippen LogP contribution in [-0.4, -0.2) is 65.3 Å². The minimum Gasteiger partial charge on any atom is -0.339 e. The third-order valence-electron chi connectivity index (χ3n) is 8.17. The van der Waals surface area contributed by atoms with Gasteiger partial charge in [-0.2, -0.15) is 0 Å². The molecule has 3 atom stereocenters. The zero-order valence-corrected chi connectivity index (χ0v) is 23.4. The molecule has 0 radical (unpaired) electrons. The molecule has 6 heteroatoms. The maximum absolute atomic E-state index is 13.3. The largest absolute Gasteiger partial charge is 0.339 e. The Balaban J connectivity index is 1.37. The molecule has 3 unspecified atom stereocenters. The Kier molecular flexibility index (Phi) is 9.24. The minimum absolute atomic E-state index is 0.0777. The number of carbonyl (C=O) groups excluding carboxylic acids is 2. The van der Waals surface area contributed by atoms with Crippen molar-refractivity contribution in [2.75, 3.05) is 32.7 Å². The molecule has 2 aliphatic rings. The molecule has 5 nitrogen and oxygen atoms in total. The Bertz CT molecular complexity index is 1030. The van der Waals surface area contributed by atoms with Gasteiger partial charge in [0.2, 0.25) is 11.8 Å². The summed E-state index contributed by atoms with van der Waals surface area (Å²) in [6.07, 6.45) is 5.67. The molecule has 0 aliphatic carbocycles. The molecule has 0 bridgehead atoms. The number of fused-ring (bicyclic) bond motifs is 1. The number of aryl methyl sites for hydroxylation is 1. The van der Waals surface area contributed by atoms with Gasteiger partial charge in [-0.1, -0.05) is 51.0 Å². The van der Waals surface area contributed by atoms with Gasteiger partial charge in [-0.3, -0.25) is 14.5 Å². The topological polar surface area (TPSA) is 43.9 Å². The summed E-state index contributed by atoms with van der Waals surface area (Å²) in [4.78, 5) is 34.4. The van der Waals surface area contributed by atoms with Crippen molar-refractivity contribution in [1.82, 2.24) is 14.7 Å². The van der Waals surface area contributed by atoms with Crippen LogP contribution in [0.1, 0.15) is 80.5 Å². The first-order valence-electron chi connectivity index (χ1n) is 13.9. The van der Waals surface area contributed by atoms with Gasteiger partial charge in [0.05, 0.1) is 6.04 Å². The van der Waals surface area contributed by atoms with Crippen molar-refractivity contribution in [1.29, 1.82) is 0 Å². The average molecular weight is 510 g/mol. The van der Waals surface area contributed by atoms with Crippen LogP contribution in [0.5, 0.6) is 0 Å². The molecule has 1 saturated heterocycles. The van der Waals surface area contributed by atoms with E-state index in [1.54, 1.807) is 0 Å². The summed E-state index contributed by atoms with van der Waals surface area (Å²) in [6.45, 7) is 12.3. The Hall–Kier alpha value is -2.18. The second-order valence-corrected chi connectivity index (χ2v) is 11.6. The predicted molar refractivity (Wildman–Crippen MR) is 148 cm³/mol. The molecule has 3 heterocycles. The molecule has 1 aromatic carbocycles. The lowest BCUT2D eigenvalue weighted by molar-refractivity contribution is -0.145. The Morgan fingerprint density at radius 3 is 2.61 bits per heavy atom. The van der Waals surface area contributed by atoms with Gasteiger partial charge in [0, 0.05) is 56.0 Å². The van der Waals surface area contributed by atoms with Gasteiger partial charge in [0.1, 0.15) is 0 Å². The smallest absolute Gasteiger partial charge is 0.226 e. The highest BCUT2D eigenvalue weighted by Crippen LogP contribution is 2.39. The Morgan fingerprint density at radius 2 is 1.89 bits per heavy atom. The van der Waals surface area contributed by atoms with Crippen molar-refractivity contribution in [2.24, 2.45) is 5.92 Å². The SMILES string of the molecule is CCCCC(CC)C(=O)N1CCN(C(=O)CCN2CCc3sccc3C2c2ccccc2C)CC1C. The zero-order valence-electron chi connectivity index (χ0n) is 22.5. The number of nitrogens with zero attached hydrogens (tertiary/aromatic N) is 3. The number of hydrogen-bond donors (Lipinski definition) is 0. The van der Waals surface area contributed by atoms with Gasteiger partial charge in [-0.15, -0.1) is 11.3 Å². The number of thiophene rings is 1. The van der Waals surface area contributed by atoms with Crippen LogP contribution in [-0.2, 0) is 16.0 Å². The Labute approximate surface area is 221 Å². The van der Waals surface area contributed by atoms with E-state index in [-0.39, 0.29) is 29.8 Å². The number of hydrogen-bond acceptors (Lipinski definition) is 4. The lowest BCUT2D eigenvalue weighted by Crippen LogP contribution is -2.56. The van der Waals surface area contributed by atoms with Gasteiger partial charge in [-0.05, 0) is 61.2 Å². The number of amides is 2. The fourth-order valence-corrected chi connectivity index (χ4v) is 6.87. The van der Waals surface area contributed by atoms with Crippen molar-refractivity contribution in [3.63, 3.8) is 0 Å². The molecule has 0 spiro atoms. The molecule has 2 aliphatic heterocycles. The number of unbranched alkanes of at least 4 members (excludes halogenated alkanes) is 1. The third-order valence-corrected chi connectivity index (χ3v) is 9.17. The van der Waals surface area contributed by atoms with Crippen LogP contribution in [0.3, 0.4) is 0 Å². The molecule has 4 rings (SSSR count). The molecule has 36 heavy (non-hydrogen) atoms. The van der Waals surface area contributed by atoms with Gasteiger partial charge in [-0.25, -0.2) is 0 Å². The number of piperazine rings is 1. The van der Waals surface area contributed by atoms with Crippen LogP contribution in [0, 0.1) is 12.8 Å². The number of carbonyl (C=O) groups is 2. The summed E-state index contributed by atoms with van der Waals surface area (Å²) in [5, 5.41) is 2.21. The van der Waals surface area contributed by atoms with E-state index < -0.39 is 0 Å². The van der Waals surface area contributed by atoms with E-state index in [2.05, 4.69) is 68.3 Å². The highest BCUT2D eigenvalue weighted by atomic mass is 32.1. The normalized spacial score (nSPS) is 21.3. The molecule has 1 fully saturated rings. The molecule has 0 N–H and O–H groups in total. The number of rotatable bonds is 9. The maximum Gasteiger partial charge on any atom is 0.226 e. The van der Waals surface area contributed by atoms with Gasteiger partial charge in [0.25, 0.3) is 0 Å². The van der Waals surface area contributed by atoms with Crippen molar-refractivity contribution in [3.05, 3.63) is 57.3 Å². The maximum atomic E-state index is 13.3. The molecule has 2 aromatic rings. The fourth-order valence-electron chi connectivity index (χ4n) is 5.96. The first kappa shape index (κ1) is 26.9. The first-order chi connectivity index (χ1) is 17.4. The van der Waals surface area contributed by atoms with E-state index in [9.17, 15) is 9.59 Å². The van der Waals surface area contributed by atoms with Crippen LogP contribution >= 0.6 is 11.3 Å². The Morgan fingerprint density at radius 1 is 1.08 bits per heavy atom. The molecule has 196 valence electrons. The molecular weight excluding hydrogens is 466 g/mol. The van der Waals surface area contributed by atoms with Gasteiger partial charge in [0.15, 0.2) is 0 Å². The standard InChI is InChI=1S/C30H43N3O2S/c1-5-7-11-24(6-2)30(35)33-19-18-32(21-23(33)4)28(34)14-17-31-16-13-27-26(15-20-36-27)29(31)25-12-9-8-10-22(25)3/h8-10,12,15,20,23-24,29H,5-7,11,13-14,16-19,21H2,1-4H3. The van der Waals surface area contributed by atoms with Crippen LogP contribution in [0.4, 0.5) is 0 Å². The van der Waals surface area contributed by atoms with E-state index in [1.165, 1.54) is 21.6 Å². The lowest BCUT2D eigenvalue weighted by atomic mass is 9.90. The number of benzene rings is 1. The van der Waals surface area contributed by atoms with Crippen LogP contribution in [0.2, 0.25) is 0 Å². The molecule has 0 saturated carbocycles. The lowest BCUT2D eigenvalue weighted by Gasteiger charge is -2.42. The van der Waals surface area contributed by atoms with Crippen molar-refractivity contribution < 1.29 is 9.59 Å². The average Bonchev–Trinajstić information content (AvgIpc) is 3.36. The second kappa shape index (κ2) is 12.4. The van der Waals surface area contributed by atoms with Crippen LogP contribution in [0.15, 0.2) is 35.7 Å². The van der Waals surface area contributed by atoms with Crippen LogP contribution < -0.4 is 0 Å². The minimum atomic E-state index is 0.0777. The second-order valence-electron chi connectivity index (χ2n) is 10.6. The van der Waals surface area contributed by atoms with E-state index >= 15 is 0 Å². The van der Waals surface area contributed by atoms with Crippen LogP contribution in [0.25, 0.3) is 0 Å². The van der Waals surface area contributed by atoms with E-state index in [4.69, 9.17) is 0 Å². The molecule has 1 aromatic heterocycles. The van der Waals surface area contributed by atoms with Crippen molar-refractivity contribution in [3.8, 4) is 0 Å². The van der Waals surface area contributed by atoms with Crippen molar-refractivity contribution >= 4 is 23.2 Å². The summed E-state index contributed by atoms with van der Waals surface area (Å²) >= 11 is 1.86. The van der Waals surface area contributed by atoms with Gasteiger partial charge >= 0.3 is 0 Å². The highest BCUT2D eigenvalue weighted by molar-refractivity contribution is 7.10. The predicted octanol–water partition coefficient (Wildman–Crippen LogP) is 5.67. The summed E-state index contributed by atoms with van der Waals surface area (Å²) < 4.78 is 0. The quantitative estimate of drug-likeness (QED) is 0.437. The molecule has 2 amide bonds. The molecular formula is C30H43N3O2S. The van der Waals surface area contributed by atoms with E-state index in [0.29, 0.717) is 26.1 Å². The van der Waals surface area contributed by atoms with E-state index in [0.717, 1.165) is 45.2 Å². The first-order valence-corrected chi connectivity index (χ1v) is 14.8.